The Morgan fingerprint density at radius 3 is 2.67 bits per heavy atom. The van der Waals surface area contributed by atoms with Crippen LogP contribution < -0.4 is 15.4 Å². The van der Waals surface area contributed by atoms with Gasteiger partial charge in [-0.2, -0.15) is 0 Å². The third kappa shape index (κ3) is 7.02. The number of nitrogens with zero attached hydrogens (tertiary/aromatic N) is 1. The molecule has 4 nitrogen and oxygen atoms in total. The predicted molar refractivity (Wildman–Crippen MR) is 89.9 cm³/mol. The van der Waals surface area contributed by atoms with Gasteiger partial charge in [0.1, 0.15) is 5.75 Å². The lowest BCUT2D eigenvalue weighted by Crippen LogP contribution is -2.37. The summed E-state index contributed by atoms with van der Waals surface area (Å²) in [6.07, 6.45) is 2.15. The lowest BCUT2D eigenvalue weighted by atomic mass is 10.1. The van der Waals surface area contributed by atoms with Crippen LogP contribution >= 0.6 is 0 Å². The molecule has 0 aliphatic rings. The van der Waals surface area contributed by atoms with E-state index in [0.717, 1.165) is 43.3 Å². The minimum atomic E-state index is 0.660. The Labute approximate surface area is 129 Å². The lowest BCUT2D eigenvalue weighted by molar-refractivity contribution is 0.286. The second-order valence-corrected chi connectivity index (χ2v) is 5.49. The van der Waals surface area contributed by atoms with Gasteiger partial charge in [0, 0.05) is 25.7 Å². The summed E-state index contributed by atoms with van der Waals surface area (Å²) in [5.74, 6) is 2.44. The molecule has 0 bridgehead atoms. The number of hydrogen-bond acceptors (Lipinski definition) is 2. The van der Waals surface area contributed by atoms with E-state index in [4.69, 9.17) is 4.74 Å². The number of nitrogens with one attached hydrogen (secondary N) is 2. The van der Waals surface area contributed by atoms with Gasteiger partial charge in [-0.25, -0.2) is 0 Å². The summed E-state index contributed by atoms with van der Waals surface area (Å²) in [4.78, 5) is 4.21. The Kier molecular flexibility index (Phi) is 8.32. The highest BCUT2D eigenvalue weighted by molar-refractivity contribution is 5.79. The fourth-order valence-corrected chi connectivity index (χ4v) is 1.84. The van der Waals surface area contributed by atoms with Crippen molar-refractivity contribution < 1.29 is 4.74 Å². The maximum absolute atomic E-state index is 5.89. The van der Waals surface area contributed by atoms with Gasteiger partial charge in [0.2, 0.25) is 0 Å². The van der Waals surface area contributed by atoms with Gasteiger partial charge in [0.25, 0.3) is 0 Å². The van der Waals surface area contributed by atoms with E-state index in [1.807, 2.05) is 18.2 Å². The Morgan fingerprint density at radius 2 is 2.00 bits per heavy atom. The minimum Gasteiger partial charge on any atom is -0.493 e. The van der Waals surface area contributed by atoms with Crippen molar-refractivity contribution in [2.75, 3.05) is 20.2 Å². The van der Waals surface area contributed by atoms with Crippen LogP contribution in [0.25, 0.3) is 0 Å². The van der Waals surface area contributed by atoms with Gasteiger partial charge >= 0.3 is 0 Å². The molecule has 0 saturated carbocycles. The average molecular weight is 291 g/mol. The number of guanidine groups is 1. The molecule has 0 fully saturated rings. The zero-order chi connectivity index (χ0) is 15.5. The lowest BCUT2D eigenvalue weighted by Gasteiger charge is -2.15. The molecule has 4 heteroatoms. The summed E-state index contributed by atoms with van der Waals surface area (Å²) >= 11 is 0. The van der Waals surface area contributed by atoms with Gasteiger partial charge in [0.15, 0.2) is 5.96 Å². The molecule has 1 aromatic carbocycles. The van der Waals surface area contributed by atoms with Crippen LogP contribution in [0.1, 0.15) is 39.2 Å². The summed E-state index contributed by atoms with van der Waals surface area (Å²) < 4.78 is 5.89. The maximum atomic E-state index is 5.89. The van der Waals surface area contributed by atoms with Crippen molar-refractivity contribution in [1.82, 2.24) is 10.6 Å². The van der Waals surface area contributed by atoms with Gasteiger partial charge in [0.05, 0.1) is 6.61 Å². The van der Waals surface area contributed by atoms with Crippen molar-refractivity contribution in [1.29, 1.82) is 0 Å². The molecule has 1 rings (SSSR count). The number of para-hydroxylation sites is 1. The monoisotopic (exact) mass is 291 g/mol. The number of aliphatic imine (C=N–C) groups is 1. The standard InChI is InChI=1S/C17H29N3O/c1-5-11-19-17(18-4)20-13-15-8-6-7-9-16(15)21-12-10-14(2)3/h6-9,14H,5,10-13H2,1-4H3,(H2,18,19,20). The van der Waals surface area contributed by atoms with E-state index < -0.39 is 0 Å². The van der Waals surface area contributed by atoms with E-state index in [1.165, 1.54) is 0 Å². The fraction of sp³-hybridized carbons (Fsp3) is 0.588. The SMILES string of the molecule is CCCNC(=NC)NCc1ccccc1OCCC(C)C. The molecule has 0 radical (unpaired) electrons. The third-order valence-electron chi connectivity index (χ3n) is 3.14. The van der Waals surface area contributed by atoms with Crippen molar-refractivity contribution in [3.8, 4) is 5.75 Å². The smallest absolute Gasteiger partial charge is 0.191 e. The summed E-state index contributed by atoms with van der Waals surface area (Å²) in [5, 5.41) is 6.58. The van der Waals surface area contributed by atoms with Crippen molar-refractivity contribution in [3.63, 3.8) is 0 Å². The quantitative estimate of drug-likeness (QED) is 0.571. The van der Waals surface area contributed by atoms with Crippen LogP contribution in [0.4, 0.5) is 0 Å². The van der Waals surface area contributed by atoms with Crippen LogP contribution in [-0.4, -0.2) is 26.2 Å². The minimum absolute atomic E-state index is 0.660. The topological polar surface area (TPSA) is 45.7 Å². The number of rotatable bonds is 8. The molecule has 0 unspecified atom stereocenters. The van der Waals surface area contributed by atoms with Crippen molar-refractivity contribution in [3.05, 3.63) is 29.8 Å². The first-order valence-corrected chi connectivity index (χ1v) is 7.82. The van der Waals surface area contributed by atoms with Crippen LogP contribution in [0.2, 0.25) is 0 Å². The van der Waals surface area contributed by atoms with Gasteiger partial charge in [-0.1, -0.05) is 39.0 Å². The molecule has 118 valence electrons. The molecule has 0 aliphatic heterocycles. The van der Waals surface area contributed by atoms with E-state index >= 15 is 0 Å². The highest BCUT2D eigenvalue weighted by Crippen LogP contribution is 2.18. The van der Waals surface area contributed by atoms with Crippen molar-refractivity contribution in [2.45, 2.75) is 40.2 Å². The molecule has 0 atom stereocenters. The first-order valence-electron chi connectivity index (χ1n) is 7.82. The fourth-order valence-electron chi connectivity index (χ4n) is 1.84. The Bertz CT molecular complexity index is 430. The van der Waals surface area contributed by atoms with Gasteiger partial charge in [-0.05, 0) is 24.8 Å². The molecule has 0 amide bonds. The zero-order valence-electron chi connectivity index (χ0n) is 13.8. The van der Waals surface area contributed by atoms with Gasteiger partial charge in [-0.3, -0.25) is 4.99 Å². The predicted octanol–water partition coefficient (Wildman–Crippen LogP) is 3.19. The van der Waals surface area contributed by atoms with E-state index in [2.05, 4.69) is 42.5 Å². The highest BCUT2D eigenvalue weighted by Gasteiger charge is 2.04. The van der Waals surface area contributed by atoms with Crippen LogP contribution in [0.15, 0.2) is 29.3 Å². The summed E-state index contributed by atoms with van der Waals surface area (Å²) in [6.45, 7) is 8.95. The van der Waals surface area contributed by atoms with Crippen LogP contribution in [0, 0.1) is 5.92 Å². The molecular weight excluding hydrogens is 262 g/mol. The summed E-state index contributed by atoms with van der Waals surface area (Å²) in [6, 6.07) is 8.16. The molecule has 0 aromatic heterocycles. The number of benzene rings is 1. The molecule has 0 heterocycles. The second-order valence-electron chi connectivity index (χ2n) is 5.49. The highest BCUT2D eigenvalue weighted by atomic mass is 16.5. The maximum Gasteiger partial charge on any atom is 0.191 e. The van der Waals surface area contributed by atoms with E-state index in [-0.39, 0.29) is 0 Å². The second kappa shape index (κ2) is 10.1. The Morgan fingerprint density at radius 1 is 1.24 bits per heavy atom. The number of hydrogen-bond donors (Lipinski definition) is 2. The van der Waals surface area contributed by atoms with Crippen molar-refractivity contribution in [2.24, 2.45) is 10.9 Å². The summed E-state index contributed by atoms with van der Waals surface area (Å²) in [7, 11) is 1.79. The molecule has 21 heavy (non-hydrogen) atoms. The largest absolute Gasteiger partial charge is 0.493 e. The molecule has 0 spiro atoms. The van der Waals surface area contributed by atoms with Crippen LogP contribution in [0.3, 0.4) is 0 Å². The van der Waals surface area contributed by atoms with E-state index in [9.17, 15) is 0 Å². The van der Waals surface area contributed by atoms with Gasteiger partial charge in [-0.15, -0.1) is 0 Å². The van der Waals surface area contributed by atoms with Crippen LogP contribution in [0.5, 0.6) is 5.75 Å². The zero-order valence-corrected chi connectivity index (χ0v) is 13.8. The molecular formula is C17H29N3O. The normalized spacial score (nSPS) is 11.6. The van der Waals surface area contributed by atoms with E-state index in [1.54, 1.807) is 7.05 Å². The van der Waals surface area contributed by atoms with Crippen molar-refractivity contribution >= 4 is 5.96 Å². The number of ether oxygens (including phenoxy) is 1. The molecule has 0 saturated heterocycles. The molecule has 2 N–H and O–H groups in total. The third-order valence-corrected chi connectivity index (χ3v) is 3.14. The van der Waals surface area contributed by atoms with E-state index in [0.29, 0.717) is 12.5 Å². The first kappa shape index (κ1) is 17.3. The summed E-state index contributed by atoms with van der Waals surface area (Å²) in [5.41, 5.74) is 1.15. The Balaban J connectivity index is 2.53. The Hall–Kier alpha value is -1.71. The molecule has 1 aromatic rings. The first-order chi connectivity index (χ1) is 10.2. The van der Waals surface area contributed by atoms with Crippen LogP contribution in [-0.2, 0) is 6.54 Å². The average Bonchev–Trinajstić information content (AvgIpc) is 2.48. The van der Waals surface area contributed by atoms with Gasteiger partial charge < -0.3 is 15.4 Å². The molecule has 0 aliphatic carbocycles.